The highest BCUT2D eigenvalue weighted by Gasteiger charge is 2.32. The lowest BCUT2D eigenvalue weighted by Crippen LogP contribution is -2.48. The molecule has 0 aromatic carbocycles. The van der Waals surface area contributed by atoms with E-state index in [0.717, 1.165) is 12.2 Å². The maximum absolute atomic E-state index is 5.70. The van der Waals surface area contributed by atoms with Crippen LogP contribution in [-0.2, 0) is 11.2 Å². The number of nitrogens with one attached hydrogen (secondary N) is 1. The molecule has 1 rings (SSSR count). The Bertz CT molecular complexity index is 381. The molecule has 110 valence electrons. The summed E-state index contributed by atoms with van der Waals surface area (Å²) in [4.78, 5) is 4.38. The first kappa shape index (κ1) is 16.1. The molecule has 0 aliphatic heterocycles. The summed E-state index contributed by atoms with van der Waals surface area (Å²) in [6, 6.07) is 0.539. The van der Waals surface area contributed by atoms with Crippen molar-refractivity contribution in [3.05, 3.63) is 12.2 Å². The van der Waals surface area contributed by atoms with E-state index in [9.17, 15) is 0 Å². The molecule has 1 aromatic rings. The first-order valence-corrected chi connectivity index (χ1v) is 6.89. The number of hydrogen-bond donors (Lipinski definition) is 1. The SMILES string of the molecule is CNC(Cc1ncnn1C(C)C)C(OC)C(C)(C)C. The molecular weight excluding hydrogens is 240 g/mol. The van der Waals surface area contributed by atoms with Gasteiger partial charge in [-0.2, -0.15) is 5.10 Å². The molecule has 19 heavy (non-hydrogen) atoms. The van der Waals surface area contributed by atoms with Crippen LogP contribution >= 0.6 is 0 Å². The topological polar surface area (TPSA) is 52.0 Å². The van der Waals surface area contributed by atoms with Gasteiger partial charge in [0.15, 0.2) is 0 Å². The Morgan fingerprint density at radius 3 is 2.42 bits per heavy atom. The van der Waals surface area contributed by atoms with Crippen LogP contribution in [0, 0.1) is 5.41 Å². The lowest BCUT2D eigenvalue weighted by molar-refractivity contribution is -0.00990. The van der Waals surface area contributed by atoms with Crippen molar-refractivity contribution < 1.29 is 4.74 Å². The van der Waals surface area contributed by atoms with Crippen molar-refractivity contribution in [1.82, 2.24) is 20.1 Å². The Morgan fingerprint density at radius 1 is 1.37 bits per heavy atom. The zero-order valence-electron chi connectivity index (χ0n) is 13.3. The summed E-state index contributed by atoms with van der Waals surface area (Å²) >= 11 is 0. The van der Waals surface area contributed by atoms with Crippen molar-refractivity contribution in [2.75, 3.05) is 14.2 Å². The fraction of sp³-hybridized carbons (Fsp3) is 0.857. The van der Waals surface area contributed by atoms with E-state index < -0.39 is 0 Å². The van der Waals surface area contributed by atoms with E-state index in [2.05, 4.69) is 50.0 Å². The third-order valence-corrected chi connectivity index (χ3v) is 3.38. The molecule has 5 nitrogen and oxygen atoms in total. The van der Waals surface area contributed by atoms with Gasteiger partial charge >= 0.3 is 0 Å². The van der Waals surface area contributed by atoms with Gasteiger partial charge in [0.2, 0.25) is 0 Å². The van der Waals surface area contributed by atoms with Gasteiger partial charge in [0.25, 0.3) is 0 Å². The van der Waals surface area contributed by atoms with Crippen LogP contribution in [0.4, 0.5) is 0 Å². The monoisotopic (exact) mass is 268 g/mol. The normalized spacial score (nSPS) is 15.8. The average molecular weight is 268 g/mol. The minimum Gasteiger partial charge on any atom is -0.379 e. The molecule has 0 aliphatic rings. The van der Waals surface area contributed by atoms with Crippen LogP contribution in [0.1, 0.15) is 46.5 Å². The number of nitrogens with zero attached hydrogens (tertiary/aromatic N) is 3. The maximum atomic E-state index is 5.70. The lowest BCUT2D eigenvalue weighted by atomic mass is 9.83. The predicted molar refractivity (Wildman–Crippen MR) is 77.2 cm³/mol. The van der Waals surface area contributed by atoms with Crippen molar-refractivity contribution in [2.24, 2.45) is 5.41 Å². The second kappa shape index (κ2) is 6.48. The van der Waals surface area contributed by atoms with Gasteiger partial charge in [0, 0.05) is 25.6 Å². The smallest absolute Gasteiger partial charge is 0.138 e. The van der Waals surface area contributed by atoms with Crippen LogP contribution < -0.4 is 5.32 Å². The molecule has 0 spiro atoms. The van der Waals surface area contributed by atoms with Gasteiger partial charge in [-0.1, -0.05) is 20.8 Å². The van der Waals surface area contributed by atoms with Gasteiger partial charge in [0.05, 0.1) is 6.10 Å². The Labute approximate surface area is 116 Å². The van der Waals surface area contributed by atoms with Crippen LogP contribution in [0.5, 0.6) is 0 Å². The summed E-state index contributed by atoms with van der Waals surface area (Å²) in [6.07, 6.45) is 2.56. The maximum Gasteiger partial charge on any atom is 0.138 e. The molecule has 0 aliphatic carbocycles. The quantitative estimate of drug-likeness (QED) is 0.858. The number of hydrogen-bond acceptors (Lipinski definition) is 4. The lowest BCUT2D eigenvalue weighted by Gasteiger charge is -2.35. The Kier molecular flexibility index (Phi) is 5.50. The van der Waals surface area contributed by atoms with E-state index in [-0.39, 0.29) is 17.6 Å². The predicted octanol–water partition coefficient (Wildman–Crippen LogP) is 2.05. The Morgan fingerprint density at radius 2 is 2.00 bits per heavy atom. The number of aromatic nitrogens is 3. The Balaban J connectivity index is 2.90. The van der Waals surface area contributed by atoms with E-state index in [0.29, 0.717) is 6.04 Å². The second-order valence-corrected chi connectivity index (χ2v) is 6.34. The molecule has 1 N–H and O–H groups in total. The Hall–Kier alpha value is -0.940. The number of rotatable bonds is 6. The number of likely N-dealkylation sites (N-methyl/N-ethyl adjacent to an activating group) is 1. The van der Waals surface area contributed by atoms with Crippen LogP contribution in [0.15, 0.2) is 6.33 Å². The molecule has 0 saturated carbocycles. The van der Waals surface area contributed by atoms with Crippen molar-refractivity contribution in [2.45, 2.75) is 59.2 Å². The zero-order chi connectivity index (χ0) is 14.6. The van der Waals surface area contributed by atoms with Gasteiger partial charge in [-0.25, -0.2) is 9.67 Å². The summed E-state index contributed by atoms with van der Waals surface area (Å²) in [5, 5.41) is 7.65. The summed E-state index contributed by atoms with van der Waals surface area (Å²) in [7, 11) is 3.74. The highest BCUT2D eigenvalue weighted by molar-refractivity contribution is 4.96. The fourth-order valence-corrected chi connectivity index (χ4v) is 2.53. The van der Waals surface area contributed by atoms with E-state index in [1.807, 2.05) is 11.7 Å². The molecule has 0 saturated heterocycles. The molecule has 2 atom stereocenters. The van der Waals surface area contributed by atoms with Gasteiger partial charge < -0.3 is 10.1 Å². The zero-order valence-corrected chi connectivity index (χ0v) is 13.3. The molecule has 2 unspecified atom stereocenters. The summed E-state index contributed by atoms with van der Waals surface area (Å²) in [5.74, 6) is 1.00. The molecule has 0 amide bonds. The van der Waals surface area contributed by atoms with Gasteiger partial charge in [-0.15, -0.1) is 0 Å². The first-order valence-electron chi connectivity index (χ1n) is 6.89. The van der Waals surface area contributed by atoms with Crippen molar-refractivity contribution >= 4 is 0 Å². The third-order valence-electron chi connectivity index (χ3n) is 3.38. The van der Waals surface area contributed by atoms with E-state index in [4.69, 9.17) is 4.74 Å². The van der Waals surface area contributed by atoms with E-state index >= 15 is 0 Å². The van der Waals surface area contributed by atoms with Gasteiger partial charge in [0.1, 0.15) is 12.2 Å². The van der Waals surface area contributed by atoms with Crippen molar-refractivity contribution in [1.29, 1.82) is 0 Å². The van der Waals surface area contributed by atoms with E-state index in [1.165, 1.54) is 0 Å². The number of ether oxygens (including phenoxy) is 1. The molecule has 0 bridgehead atoms. The summed E-state index contributed by atoms with van der Waals surface area (Å²) in [6.45, 7) is 10.8. The fourth-order valence-electron chi connectivity index (χ4n) is 2.53. The van der Waals surface area contributed by atoms with Crippen molar-refractivity contribution in [3.63, 3.8) is 0 Å². The minimum absolute atomic E-state index is 0.0745. The second-order valence-electron chi connectivity index (χ2n) is 6.34. The average Bonchev–Trinajstić information content (AvgIpc) is 2.74. The highest BCUT2D eigenvalue weighted by Crippen LogP contribution is 2.26. The first-order chi connectivity index (χ1) is 8.81. The van der Waals surface area contributed by atoms with Gasteiger partial charge in [-0.3, -0.25) is 0 Å². The van der Waals surface area contributed by atoms with Crippen LogP contribution in [-0.4, -0.2) is 41.1 Å². The molecular formula is C14H28N4O. The molecule has 1 heterocycles. The van der Waals surface area contributed by atoms with Crippen molar-refractivity contribution in [3.8, 4) is 0 Å². The molecule has 0 radical (unpaired) electrons. The van der Waals surface area contributed by atoms with Gasteiger partial charge in [-0.05, 0) is 26.3 Å². The van der Waals surface area contributed by atoms with Crippen LogP contribution in [0.3, 0.4) is 0 Å². The molecule has 5 heteroatoms. The minimum atomic E-state index is 0.0745. The largest absolute Gasteiger partial charge is 0.379 e. The molecule has 1 aromatic heterocycles. The summed E-state index contributed by atoms with van der Waals surface area (Å²) < 4.78 is 7.67. The van der Waals surface area contributed by atoms with Crippen LogP contribution in [0.25, 0.3) is 0 Å². The number of methoxy groups -OCH3 is 1. The molecule has 0 fully saturated rings. The third kappa shape index (κ3) is 4.01. The highest BCUT2D eigenvalue weighted by atomic mass is 16.5. The standard InChI is InChI=1S/C14H28N4O/c1-10(2)18-12(16-9-17-18)8-11(15-6)13(19-7)14(3,4)5/h9-11,13,15H,8H2,1-7H3. The summed E-state index contributed by atoms with van der Waals surface area (Å²) in [5.41, 5.74) is 0.0745. The van der Waals surface area contributed by atoms with Crippen LogP contribution in [0.2, 0.25) is 0 Å². The van der Waals surface area contributed by atoms with E-state index in [1.54, 1.807) is 13.4 Å².